The third kappa shape index (κ3) is 4.46. The van der Waals surface area contributed by atoms with Gasteiger partial charge in [0.15, 0.2) is 0 Å². The van der Waals surface area contributed by atoms with E-state index in [9.17, 15) is 14.7 Å². The minimum atomic E-state index is -0.764. The van der Waals surface area contributed by atoms with Crippen molar-refractivity contribution in [2.24, 2.45) is 29.6 Å². The van der Waals surface area contributed by atoms with E-state index in [1.165, 1.54) is 12.0 Å². The molecule has 4 nitrogen and oxygen atoms in total. The van der Waals surface area contributed by atoms with Crippen molar-refractivity contribution >= 4 is 11.8 Å². The lowest BCUT2D eigenvalue weighted by Crippen LogP contribution is -2.50. The molecule has 3 aliphatic rings. The molecule has 4 heteroatoms. The van der Waals surface area contributed by atoms with Gasteiger partial charge in [-0.3, -0.25) is 9.59 Å². The number of Topliss-reactive ketones (excluding diaryl/α,β-unsaturated/α-hetero) is 1. The summed E-state index contributed by atoms with van der Waals surface area (Å²) in [5.41, 5.74) is 1.36. The summed E-state index contributed by atoms with van der Waals surface area (Å²) in [6, 6.07) is 0. The van der Waals surface area contributed by atoms with E-state index in [1.807, 2.05) is 0 Å². The van der Waals surface area contributed by atoms with Gasteiger partial charge in [-0.25, -0.2) is 0 Å². The van der Waals surface area contributed by atoms with Crippen LogP contribution in [-0.4, -0.2) is 28.1 Å². The Morgan fingerprint density at radius 2 is 1.89 bits per heavy atom. The number of carbonyl (C=O) groups excluding carboxylic acids is 1. The SMILES string of the molecule is CCC1C(=CCCC(=O)O)C2CCC(O)C(C#CC(=O)C3CCCCC3)C12. The highest BCUT2D eigenvalue weighted by Gasteiger charge is 2.52. The van der Waals surface area contributed by atoms with Gasteiger partial charge in [0.2, 0.25) is 5.78 Å². The normalized spacial score (nSPS) is 34.9. The van der Waals surface area contributed by atoms with Crippen LogP contribution in [0.2, 0.25) is 0 Å². The summed E-state index contributed by atoms with van der Waals surface area (Å²) in [7, 11) is 0. The number of fused-ring (bicyclic) bond motifs is 1. The summed E-state index contributed by atoms with van der Waals surface area (Å²) in [5, 5.41) is 19.4. The molecule has 0 amide bonds. The van der Waals surface area contributed by atoms with Crippen LogP contribution in [0.1, 0.15) is 71.1 Å². The second-order valence-corrected chi connectivity index (χ2v) is 8.47. The van der Waals surface area contributed by atoms with E-state index < -0.39 is 12.1 Å². The van der Waals surface area contributed by atoms with Gasteiger partial charge in [0.1, 0.15) is 0 Å². The molecule has 0 bridgehead atoms. The van der Waals surface area contributed by atoms with E-state index in [0.717, 1.165) is 38.5 Å². The van der Waals surface area contributed by atoms with E-state index in [4.69, 9.17) is 5.11 Å². The summed E-state index contributed by atoms with van der Waals surface area (Å²) >= 11 is 0. The average Bonchev–Trinajstić information content (AvgIpc) is 2.65. The molecule has 0 aliphatic heterocycles. The highest BCUT2D eigenvalue weighted by Crippen LogP contribution is 2.57. The number of carbonyl (C=O) groups is 2. The zero-order valence-electron chi connectivity index (χ0n) is 16.3. The van der Waals surface area contributed by atoms with Crippen LogP contribution in [0.3, 0.4) is 0 Å². The molecule has 0 saturated heterocycles. The predicted octanol–water partition coefficient (Wildman–Crippen LogP) is 3.97. The molecule has 3 rings (SSSR count). The molecule has 2 N–H and O–H groups in total. The van der Waals surface area contributed by atoms with Gasteiger partial charge in [-0.2, -0.15) is 0 Å². The van der Waals surface area contributed by atoms with Gasteiger partial charge < -0.3 is 10.2 Å². The van der Waals surface area contributed by atoms with E-state index in [-0.39, 0.29) is 24.0 Å². The predicted molar refractivity (Wildman–Crippen MR) is 104 cm³/mol. The fourth-order valence-corrected chi connectivity index (χ4v) is 5.51. The summed E-state index contributed by atoms with van der Waals surface area (Å²) < 4.78 is 0. The molecule has 27 heavy (non-hydrogen) atoms. The highest BCUT2D eigenvalue weighted by molar-refractivity contribution is 5.97. The van der Waals surface area contributed by atoms with Crippen molar-refractivity contribution in [1.29, 1.82) is 0 Å². The Bertz CT molecular complexity index is 639. The largest absolute Gasteiger partial charge is 0.481 e. The van der Waals surface area contributed by atoms with Crippen LogP contribution in [0.4, 0.5) is 0 Å². The maximum absolute atomic E-state index is 12.5. The summed E-state index contributed by atoms with van der Waals surface area (Å²) in [5.74, 6) is 6.43. The number of allylic oxidation sites excluding steroid dienone is 2. The van der Waals surface area contributed by atoms with Crippen molar-refractivity contribution in [3.63, 3.8) is 0 Å². The molecule has 5 unspecified atom stereocenters. The molecule has 3 fully saturated rings. The summed E-state index contributed by atoms with van der Waals surface area (Å²) in [6.45, 7) is 2.14. The Kier molecular flexibility index (Phi) is 6.76. The minimum Gasteiger partial charge on any atom is -0.481 e. The molecule has 5 atom stereocenters. The van der Waals surface area contributed by atoms with Crippen molar-refractivity contribution in [3.05, 3.63) is 11.6 Å². The first-order valence-electron chi connectivity index (χ1n) is 10.7. The van der Waals surface area contributed by atoms with Crippen LogP contribution in [0.15, 0.2) is 11.6 Å². The Hall–Kier alpha value is -1.60. The lowest BCUT2D eigenvalue weighted by molar-refractivity contribution is -0.136. The van der Waals surface area contributed by atoms with Crippen LogP contribution in [0.25, 0.3) is 0 Å². The fourth-order valence-electron chi connectivity index (χ4n) is 5.51. The molecular weight excluding hydrogens is 340 g/mol. The van der Waals surface area contributed by atoms with E-state index in [0.29, 0.717) is 30.6 Å². The highest BCUT2D eigenvalue weighted by atomic mass is 16.4. The number of ketones is 1. The first kappa shape index (κ1) is 20.1. The van der Waals surface area contributed by atoms with Gasteiger partial charge in [-0.05, 0) is 62.2 Å². The average molecular weight is 373 g/mol. The lowest BCUT2D eigenvalue weighted by Gasteiger charge is -2.54. The molecule has 0 aromatic carbocycles. The second-order valence-electron chi connectivity index (χ2n) is 8.47. The number of aliphatic hydroxyl groups is 1. The zero-order valence-corrected chi connectivity index (χ0v) is 16.3. The van der Waals surface area contributed by atoms with Crippen LogP contribution in [0.5, 0.6) is 0 Å². The Morgan fingerprint density at radius 1 is 1.15 bits per heavy atom. The first-order chi connectivity index (χ1) is 13.0. The van der Waals surface area contributed by atoms with E-state index in [2.05, 4.69) is 24.8 Å². The zero-order chi connectivity index (χ0) is 19.4. The van der Waals surface area contributed by atoms with Gasteiger partial charge in [0, 0.05) is 12.3 Å². The topological polar surface area (TPSA) is 74.6 Å². The van der Waals surface area contributed by atoms with Crippen LogP contribution < -0.4 is 0 Å². The van der Waals surface area contributed by atoms with Gasteiger partial charge in [0.25, 0.3) is 0 Å². The van der Waals surface area contributed by atoms with Gasteiger partial charge in [-0.1, -0.05) is 43.8 Å². The van der Waals surface area contributed by atoms with Crippen LogP contribution in [0, 0.1) is 41.4 Å². The molecule has 0 heterocycles. The summed E-state index contributed by atoms with van der Waals surface area (Å²) in [4.78, 5) is 23.2. The first-order valence-corrected chi connectivity index (χ1v) is 10.7. The van der Waals surface area contributed by atoms with Crippen molar-refractivity contribution in [2.45, 2.75) is 77.2 Å². The van der Waals surface area contributed by atoms with E-state index in [1.54, 1.807) is 0 Å². The molecule has 3 saturated carbocycles. The van der Waals surface area contributed by atoms with Crippen molar-refractivity contribution < 1.29 is 19.8 Å². The van der Waals surface area contributed by atoms with Gasteiger partial charge in [-0.15, -0.1) is 0 Å². The van der Waals surface area contributed by atoms with Gasteiger partial charge in [0.05, 0.1) is 12.0 Å². The molecule has 0 spiro atoms. The number of carboxylic acids is 1. The summed E-state index contributed by atoms with van der Waals surface area (Å²) in [6.07, 6.45) is 10.4. The Balaban J connectivity index is 1.70. The number of hydrogen-bond donors (Lipinski definition) is 2. The smallest absolute Gasteiger partial charge is 0.303 e. The molecule has 0 aromatic rings. The maximum Gasteiger partial charge on any atom is 0.303 e. The molecule has 3 aliphatic carbocycles. The van der Waals surface area contributed by atoms with E-state index >= 15 is 0 Å². The van der Waals surface area contributed by atoms with Crippen molar-refractivity contribution in [1.82, 2.24) is 0 Å². The molecule has 0 radical (unpaired) electrons. The van der Waals surface area contributed by atoms with Gasteiger partial charge >= 0.3 is 5.97 Å². The second kappa shape index (κ2) is 9.06. The maximum atomic E-state index is 12.5. The number of aliphatic hydroxyl groups excluding tert-OH is 1. The fraction of sp³-hybridized carbons (Fsp3) is 0.739. The van der Waals surface area contributed by atoms with Crippen LogP contribution >= 0.6 is 0 Å². The number of carboxylic acid groups (broad SMARTS) is 1. The monoisotopic (exact) mass is 372 g/mol. The Morgan fingerprint density at radius 3 is 2.56 bits per heavy atom. The standard InChI is InChI=1S/C23H32O4/c1-2-16-17(9-6-10-22(26)27)18-11-14-21(25)19(23(16)18)12-13-20(24)15-7-4-3-5-8-15/h9,15-16,18-19,21,23,25H,2-8,10-11,14H2,1H3,(H,26,27). The number of rotatable bonds is 5. The third-order valence-corrected chi connectivity index (χ3v) is 6.90. The minimum absolute atomic E-state index is 0.0635. The third-order valence-electron chi connectivity index (χ3n) is 6.90. The Labute approximate surface area is 162 Å². The molecule has 148 valence electrons. The molecule has 0 aromatic heterocycles. The van der Waals surface area contributed by atoms with Crippen LogP contribution in [-0.2, 0) is 9.59 Å². The van der Waals surface area contributed by atoms with Crippen molar-refractivity contribution in [2.75, 3.05) is 0 Å². The lowest BCUT2D eigenvalue weighted by atomic mass is 9.50. The van der Waals surface area contributed by atoms with Crippen molar-refractivity contribution in [3.8, 4) is 11.8 Å². The number of hydrogen-bond acceptors (Lipinski definition) is 3. The quantitative estimate of drug-likeness (QED) is 0.435. The number of aliphatic carboxylic acids is 1. The molecular formula is C23H32O4.